The highest BCUT2D eigenvalue weighted by Gasteiger charge is 2.25. The first-order valence-corrected chi connectivity index (χ1v) is 14.6. The molecule has 0 spiro atoms. The van der Waals surface area contributed by atoms with Crippen molar-refractivity contribution in [2.24, 2.45) is 0 Å². The summed E-state index contributed by atoms with van der Waals surface area (Å²) in [6, 6.07) is 23.3. The zero-order valence-corrected chi connectivity index (χ0v) is 27.5. The van der Waals surface area contributed by atoms with Gasteiger partial charge >= 0.3 is 23.9 Å². The number of hydrogen-bond donors (Lipinski definition) is 1. The molecular weight excluding hydrogens is 688 g/mol. The van der Waals surface area contributed by atoms with E-state index in [4.69, 9.17) is 5.11 Å². The summed E-state index contributed by atoms with van der Waals surface area (Å²) in [5, 5.41) is 9.05. The van der Waals surface area contributed by atoms with Gasteiger partial charge < -0.3 is 14.6 Å². The van der Waals surface area contributed by atoms with Crippen LogP contribution in [-0.2, 0) is 54.3 Å². The summed E-state index contributed by atoms with van der Waals surface area (Å²) in [6.07, 6.45) is 11.4. The van der Waals surface area contributed by atoms with Crippen LogP contribution in [0.1, 0.15) is 59.7 Å². The molecule has 0 atom stereocenters. The highest BCUT2D eigenvalue weighted by Crippen LogP contribution is 2.19. The predicted octanol–water partition coefficient (Wildman–Crippen LogP) is 2.77. The molecule has 0 heterocycles. The van der Waals surface area contributed by atoms with E-state index >= 15 is 0 Å². The SMILES string of the molecule is C=CC(=O)OC(=O)c1cccc(CCO)c1C(=O)OC(=O)C=C.O=[C]c1ccccc1[C]=O.O=[C]c1ccccc1[C]=O.O=[C]c1ccccc1[C]=O. The molecule has 53 heavy (non-hydrogen) atoms. The van der Waals surface area contributed by atoms with Crippen molar-refractivity contribution in [3.8, 4) is 0 Å². The number of ether oxygens (including phenoxy) is 2. The molecule has 0 saturated carbocycles. The normalized spacial score (nSPS) is 9.15. The molecule has 264 valence electrons. The lowest BCUT2D eigenvalue weighted by Gasteiger charge is -2.11. The quantitative estimate of drug-likeness (QED) is 0.127. The van der Waals surface area contributed by atoms with Crippen LogP contribution in [0, 0.1) is 0 Å². The molecule has 13 nitrogen and oxygen atoms in total. The highest BCUT2D eigenvalue weighted by atomic mass is 16.6. The van der Waals surface area contributed by atoms with Crippen LogP contribution in [0.25, 0.3) is 0 Å². The number of rotatable bonds is 12. The molecule has 0 bridgehead atoms. The van der Waals surface area contributed by atoms with Crippen molar-refractivity contribution >= 4 is 61.6 Å². The maximum atomic E-state index is 12.1. The van der Waals surface area contributed by atoms with Crippen LogP contribution in [0.15, 0.2) is 116 Å². The van der Waals surface area contributed by atoms with Gasteiger partial charge in [-0.25, -0.2) is 19.2 Å². The smallest absolute Gasteiger partial charge is 0.347 e. The van der Waals surface area contributed by atoms with E-state index in [1.807, 2.05) is 0 Å². The Morgan fingerprint density at radius 1 is 0.509 bits per heavy atom. The monoisotopic (exact) mass is 714 g/mol. The number of carbonyl (C=O) groups excluding carboxylic acids is 10. The minimum Gasteiger partial charge on any atom is -0.396 e. The lowest BCUT2D eigenvalue weighted by molar-refractivity contribution is -0.133. The zero-order chi connectivity index (χ0) is 39.6. The minimum absolute atomic E-state index is 0.0310. The minimum atomic E-state index is -1.11. The van der Waals surface area contributed by atoms with E-state index in [0.717, 1.165) is 12.2 Å². The molecule has 6 radical (unpaired) electrons. The number of aliphatic hydroxyl groups is 1. The molecule has 0 aliphatic heterocycles. The number of esters is 4. The predicted molar refractivity (Wildman–Crippen MR) is 187 cm³/mol. The van der Waals surface area contributed by atoms with Gasteiger partial charge in [0.2, 0.25) is 37.7 Å². The third kappa shape index (κ3) is 14.6. The summed E-state index contributed by atoms with van der Waals surface area (Å²) in [7, 11) is 0. The van der Waals surface area contributed by atoms with Crippen LogP contribution in [0.3, 0.4) is 0 Å². The Bertz CT molecular complexity index is 1760. The third-order valence-corrected chi connectivity index (χ3v) is 6.12. The van der Waals surface area contributed by atoms with E-state index in [2.05, 4.69) is 22.6 Å². The molecule has 4 rings (SSSR count). The molecule has 0 saturated heterocycles. The molecule has 4 aromatic carbocycles. The zero-order valence-electron chi connectivity index (χ0n) is 27.5. The number of benzene rings is 4. The summed E-state index contributed by atoms with van der Waals surface area (Å²) in [4.78, 5) is 107. The van der Waals surface area contributed by atoms with Crippen LogP contribution in [0.2, 0.25) is 0 Å². The van der Waals surface area contributed by atoms with E-state index < -0.39 is 23.9 Å². The Hall–Kier alpha value is -7.38. The standard InChI is InChI=1S/C16H14O7.3C8H4O2/c1-3-12(18)22-15(20)11-7-5-6-10(8-9-17)14(11)16(21)23-13(19)4-2;3*9-5-7-3-1-2-4-8(7)6-10/h3-7,17H,1-2,8-9H2;3*1-4H. The van der Waals surface area contributed by atoms with Gasteiger partial charge in [0.1, 0.15) is 0 Å². The largest absolute Gasteiger partial charge is 0.396 e. The van der Waals surface area contributed by atoms with Gasteiger partial charge in [-0.1, -0.05) is 98.1 Å². The Labute approximate surface area is 303 Å². The first-order chi connectivity index (χ1) is 25.6. The highest BCUT2D eigenvalue weighted by molar-refractivity contribution is 6.10. The maximum Gasteiger partial charge on any atom is 0.347 e. The van der Waals surface area contributed by atoms with Gasteiger partial charge in [0.15, 0.2) is 0 Å². The molecule has 0 fully saturated rings. The van der Waals surface area contributed by atoms with E-state index in [1.165, 1.54) is 54.6 Å². The van der Waals surface area contributed by atoms with Crippen molar-refractivity contribution in [2.75, 3.05) is 6.61 Å². The first kappa shape index (κ1) is 43.6. The maximum absolute atomic E-state index is 12.1. The molecule has 0 amide bonds. The lowest BCUT2D eigenvalue weighted by atomic mass is 9.99. The van der Waals surface area contributed by atoms with Crippen LogP contribution in [0.5, 0.6) is 0 Å². The van der Waals surface area contributed by atoms with Gasteiger partial charge in [0, 0.05) is 52.1 Å². The van der Waals surface area contributed by atoms with E-state index in [0.29, 0.717) is 0 Å². The topological polar surface area (TPSA) is 209 Å². The third-order valence-electron chi connectivity index (χ3n) is 6.12. The summed E-state index contributed by atoms with van der Waals surface area (Å²) in [5.74, 6) is -4.22. The van der Waals surface area contributed by atoms with Crippen molar-refractivity contribution in [1.29, 1.82) is 0 Å². The summed E-state index contributed by atoms with van der Waals surface area (Å²) in [5.41, 5.74) is 1.29. The van der Waals surface area contributed by atoms with Crippen LogP contribution in [0.4, 0.5) is 0 Å². The second-order valence-electron chi connectivity index (χ2n) is 9.39. The van der Waals surface area contributed by atoms with Crippen LogP contribution >= 0.6 is 0 Å². The van der Waals surface area contributed by atoms with Crippen LogP contribution in [-0.4, -0.2) is 73.3 Å². The van der Waals surface area contributed by atoms with Gasteiger partial charge in [0.05, 0.1) is 11.1 Å². The van der Waals surface area contributed by atoms with Crippen molar-refractivity contribution in [1.82, 2.24) is 0 Å². The van der Waals surface area contributed by atoms with Crippen molar-refractivity contribution in [3.05, 3.63) is 166 Å². The summed E-state index contributed by atoms with van der Waals surface area (Å²) < 4.78 is 8.97. The van der Waals surface area contributed by atoms with Crippen molar-refractivity contribution in [2.45, 2.75) is 6.42 Å². The summed E-state index contributed by atoms with van der Waals surface area (Å²) in [6.45, 7) is 6.01. The van der Waals surface area contributed by atoms with E-state index in [1.54, 1.807) is 74.1 Å². The second kappa shape index (κ2) is 24.7. The average Bonchev–Trinajstić information content (AvgIpc) is 3.21. The lowest BCUT2D eigenvalue weighted by Crippen LogP contribution is -2.20. The number of hydrogen-bond acceptors (Lipinski definition) is 13. The van der Waals surface area contributed by atoms with E-state index in [9.17, 15) is 47.9 Å². The molecule has 0 aliphatic rings. The Balaban J connectivity index is 0.000000388. The fourth-order valence-electron chi connectivity index (χ4n) is 3.70. The van der Waals surface area contributed by atoms with Crippen molar-refractivity contribution < 1.29 is 62.5 Å². The van der Waals surface area contributed by atoms with Gasteiger partial charge in [0.25, 0.3) is 0 Å². The first-order valence-electron chi connectivity index (χ1n) is 14.6. The summed E-state index contributed by atoms with van der Waals surface area (Å²) >= 11 is 0. The Kier molecular flexibility index (Phi) is 20.3. The van der Waals surface area contributed by atoms with Gasteiger partial charge in [-0.15, -0.1) is 0 Å². The number of aliphatic hydroxyl groups excluding tert-OH is 1. The fraction of sp³-hybridized carbons (Fsp3) is 0.0500. The molecule has 4 aromatic rings. The second-order valence-corrected chi connectivity index (χ2v) is 9.39. The Morgan fingerprint density at radius 3 is 1.11 bits per heavy atom. The number of carbonyl (C=O) groups is 4. The van der Waals surface area contributed by atoms with Gasteiger partial charge in [-0.3, -0.25) is 28.8 Å². The molecule has 0 aromatic heterocycles. The Morgan fingerprint density at radius 2 is 0.830 bits per heavy atom. The fourth-order valence-corrected chi connectivity index (χ4v) is 3.70. The van der Waals surface area contributed by atoms with Crippen LogP contribution < -0.4 is 0 Å². The molecule has 0 unspecified atom stereocenters. The molecule has 13 heteroatoms. The van der Waals surface area contributed by atoms with E-state index in [-0.39, 0.29) is 63.1 Å². The van der Waals surface area contributed by atoms with Gasteiger partial charge in [-0.05, 0) is 18.1 Å². The molecule has 0 aliphatic carbocycles. The molecular formula is C40H26O13. The van der Waals surface area contributed by atoms with Crippen molar-refractivity contribution in [3.63, 3.8) is 0 Å². The molecule has 1 N–H and O–H groups in total. The van der Waals surface area contributed by atoms with Gasteiger partial charge in [-0.2, -0.15) is 0 Å². The average molecular weight is 715 g/mol.